The van der Waals surface area contributed by atoms with Gasteiger partial charge in [0.05, 0.1) is 17.1 Å². The van der Waals surface area contributed by atoms with Crippen LogP contribution in [0, 0.1) is 0 Å². The summed E-state index contributed by atoms with van der Waals surface area (Å²) in [6.45, 7) is 6.25. The molecule has 1 aromatic heterocycles. The quantitative estimate of drug-likeness (QED) is 0.864. The lowest BCUT2D eigenvalue weighted by Gasteiger charge is -2.20. The van der Waals surface area contributed by atoms with Crippen molar-refractivity contribution in [1.82, 2.24) is 14.5 Å². The summed E-state index contributed by atoms with van der Waals surface area (Å²) in [6, 6.07) is 5.69. The number of nitrogens with one attached hydrogen (secondary N) is 1. The van der Waals surface area contributed by atoms with Gasteiger partial charge in [0.25, 0.3) is 0 Å². The molecule has 0 spiro atoms. The Morgan fingerprint density at radius 1 is 1.42 bits per heavy atom. The number of aromatic nitrogens is 2. The minimum absolute atomic E-state index is 0.0868. The Balaban J connectivity index is 2.03. The second-order valence-electron chi connectivity index (χ2n) is 5.53. The molecular weight excluding hydrogens is 242 g/mol. The zero-order chi connectivity index (χ0) is 13.6. The van der Waals surface area contributed by atoms with Crippen LogP contribution in [0.1, 0.15) is 26.3 Å². The molecular formula is C14H19N3O2. The fraction of sp³-hybridized carbons (Fsp3) is 0.500. The first kappa shape index (κ1) is 12.3. The van der Waals surface area contributed by atoms with E-state index in [0.29, 0.717) is 6.04 Å². The third-order valence-corrected chi connectivity index (χ3v) is 3.99. The van der Waals surface area contributed by atoms with Crippen LogP contribution >= 0.6 is 0 Å². The number of hydrogen-bond donors (Lipinski definition) is 2. The van der Waals surface area contributed by atoms with Crippen LogP contribution in [-0.4, -0.2) is 38.7 Å². The highest BCUT2D eigenvalue weighted by Crippen LogP contribution is 2.26. The lowest BCUT2D eigenvalue weighted by atomic mass is 10.2. The van der Waals surface area contributed by atoms with Gasteiger partial charge in [0.1, 0.15) is 5.75 Å². The number of rotatable bonds is 2. The van der Waals surface area contributed by atoms with Crippen LogP contribution in [0.15, 0.2) is 23.0 Å². The zero-order valence-corrected chi connectivity index (χ0v) is 11.3. The van der Waals surface area contributed by atoms with E-state index >= 15 is 0 Å². The molecule has 0 amide bonds. The number of nitrogens with zero attached hydrogens (tertiary/aromatic N) is 2. The summed E-state index contributed by atoms with van der Waals surface area (Å²) in [6.07, 6.45) is 0.973. The van der Waals surface area contributed by atoms with Gasteiger partial charge >= 0.3 is 5.69 Å². The van der Waals surface area contributed by atoms with E-state index in [1.807, 2.05) is 0 Å². The maximum atomic E-state index is 12.1. The maximum absolute atomic E-state index is 12.1. The normalized spacial score (nSPS) is 20.7. The summed E-state index contributed by atoms with van der Waals surface area (Å²) in [5, 5.41) is 9.61. The number of phenols is 1. The maximum Gasteiger partial charge on any atom is 0.326 e. The van der Waals surface area contributed by atoms with Crippen molar-refractivity contribution in [1.29, 1.82) is 0 Å². The predicted molar refractivity (Wildman–Crippen MR) is 74.6 cm³/mol. The first-order chi connectivity index (χ1) is 9.06. The molecule has 19 heavy (non-hydrogen) atoms. The first-order valence-corrected chi connectivity index (χ1v) is 6.73. The van der Waals surface area contributed by atoms with Crippen molar-refractivity contribution in [2.45, 2.75) is 32.4 Å². The van der Waals surface area contributed by atoms with Gasteiger partial charge in [-0.3, -0.25) is 9.47 Å². The van der Waals surface area contributed by atoms with Gasteiger partial charge in [-0.1, -0.05) is 0 Å². The SMILES string of the molecule is CC(C)N1CCC(n2c(=O)[nH]c3ccc(O)cc32)C1. The fourth-order valence-corrected chi connectivity index (χ4v) is 2.92. The number of phenolic OH excluding ortho intramolecular Hbond substituents is 1. The lowest BCUT2D eigenvalue weighted by Crippen LogP contribution is -2.30. The molecule has 102 valence electrons. The molecule has 5 nitrogen and oxygen atoms in total. The van der Waals surface area contributed by atoms with Gasteiger partial charge < -0.3 is 10.1 Å². The number of aromatic amines is 1. The second kappa shape index (κ2) is 4.42. The standard InChI is InChI=1S/C14H19N3O2/c1-9(2)16-6-5-10(8-16)17-13-7-11(18)3-4-12(13)15-14(17)19/h3-4,7,9-10,18H,5-6,8H2,1-2H3,(H,15,19). The molecule has 1 unspecified atom stereocenters. The van der Waals surface area contributed by atoms with Crippen LogP contribution in [-0.2, 0) is 0 Å². The molecule has 1 atom stereocenters. The Morgan fingerprint density at radius 2 is 2.21 bits per heavy atom. The van der Waals surface area contributed by atoms with Crippen LogP contribution in [0.2, 0.25) is 0 Å². The Morgan fingerprint density at radius 3 is 2.89 bits per heavy atom. The van der Waals surface area contributed by atoms with E-state index in [0.717, 1.165) is 30.5 Å². The predicted octanol–water partition coefficient (Wildman–Crippen LogP) is 1.69. The van der Waals surface area contributed by atoms with Gasteiger partial charge in [-0.05, 0) is 32.4 Å². The molecule has 0 radical (unpaired) electrons. The van der Waals surface area contributed by atoms with Crippen molar-refractivity contribution >= 4 is 11.0 Å². The van der Waals surface area contributed by atoms with Gasteiger partial charge in [0, 0.05) is 25.2 Å². The average molecular weight is 261 g/mol. The van der Waals surface area contributed by atoms with Gasteiger partial charge in [-0.2, -0.15) is 0 Å². The summed E-state index contributed by atoms with van der Waals surface area (Å²) >= 11 is 0. The summed E-state index contributed by atoms with van der Waals surface area (Å²) in [4.78, 5) is 17.3. The highest BCUT2D eigenvalue weighted by molar-refractivity contribution is 5.77. The Bertz CT molecular complexity index is 656. The topological polar surface area (TPSA) is 61.3 Å². The minimum atomic E-state index is -0.0868. The molecule has 0 saturated carbocycles. The Kier molecular flexibility index (Phi) is 2.86. The highest BCUT2D eigenvalue weighted by atomic mass is 16.3. The third-order valence-electron chi connectivity index (χ3n) is 3.99. The lowest BCUT2D eigenvalue weighted by molar-refractivity contribution is 0.265. The molecule has 1 aliphatic heterocycles. The monoisotopic (exact) mass is 261 g/mol. The molecule has 1 aromatic carbocycles. The van der Waals surface area contributed by atoms with Crippen molar-refractivity contribution in [3.63, 3.8) is 0 Å². The van der Waals surface area contributed by atoms with Crippen molar-refractivity contribution in [2.75, 3.05) is 13.1 Å². The number of aromatic hydroxyl groups is 1. The first-order valence-electron chi connectivity index (χ1n) is 6.73. The van der Waals surface area contributed by atoms with Crippen LogP contribution in [0.3, 0.4) is 0 Å². The largest absolute Gasteiger partial charge is 0.508 e. The molecule has 2 heterocycles. The fourth-order valence-electron chi connectivity index (χ4n) is 2.92. The number of H-pyrrole nitrogens is 1. The van der Waals surface area contributed by atoms with E-state index in [-0.39, 0.29) is 17.5 Å². The van der Waals surface area contributed by atoms with E-state index < -0.39 is 0 Å². The smallest absolute Gasteiger partial charge is 0.326 e. The van der Waals surface area contributed by atoms with Crippen LogP contribution in [0.25, 0.3) is 11.0 Å². The molecule has 0 bridgehead atoms. The highest BCUT2D eigenvalue weighted by Gasteiger charge is 2.27. The molecule has 1 saturated heterocycles. The summed E-state index contributed by atoms with van der Waals surface area (Å²) < 4.78 is 1.79. The van der Waals surface area contributed by atoms with E-state index in [1.165, 1.54) is 0 Å². The molecule has 5 heteroatoms. The van der Waals surface area contributed by atoms with Gasteiger partial charge in [-0.25, -0.2) is 4.79 Å². The van der Waals surface area contributed by atoms with Crippen molar-refractivity contribution in [3.8, 4) is 5.75 Å². The second-order valence-corrected chi connectivity index (χ2v) is 5.53. The number of imidazole rings is 1. The van der Waals surface area contributed by atoms with Crippen LogP contribution in [0.4, 0.5) is 0 Å². The van der Waals surface area contributed by atoms with Crippen molar-refractivity contribution in [3.05, 3.63) is 28.7 Å². The molecule has 2 aromatic rings. The molecule has 3 rings (SSSR count). The number of likely N-dealkylation sites (tertiary alicyclic amines) is 1. The molecule has 1 aliphatic rings. The number of benzene rings is 1. The molecule has 2 N–H and O–H groups in total. The molecule has 1 fully saturated rings. The van der Waals surface area contributed by atoms with Crippen molar-refractivity contribution < 1.29 is 5.11 Å². The Hall–Kier alpha value is -1.75. The Labute approximate surface area is 111 Å². The van der Waals surface area contributed by atoms with E-state index in [9.17, 15) is 9.90 Å². The van der Waals surface area contributed by atoms with Gasteiger partial charge in [0.2, 0.25) is 0 Å². The van der Waals surface area contributed by atoms with E-state index in [2.05, 4.69) is 23.7 Å². The average Bonchev–Trinajstić information content (AvgIpc) is 2.92. The van der Waals surface area contributed by atoms with E-state index in [1.54, 1.807) is 22.8 Å². The third kappa shape index (κ3) is 2.04. The van der Waals surface area contributed by atoms with Gasteiger partial charge in [0.15, 0.2) is 0 Å². The summed E-state index contributed by atoms with van der Waals surface area (Å²) in [5.41, 5.74) is 1.49. The summed E-state index contributed by atoms with van der Waals surface area (Å²) in [5.74, 6) is 0.193. The van der Waals surface area contributed by atoms with Crippen LogP contribution in [0.5, 0.6) is 5.75 Å². The van der Waals surface area contributed by atoms with Gasteiger partial charge in [-0.15, -0.1) is 0 Å². The number of fused-ring (bicyclic) bond motifs is 1. The minimum Gasteiger partial charge on any atom is -0.508 e. The summed E-state index contributed by atoms with van der Waals surface area (Å²) in [7, 11) is 0. The molecule has 0 aliphatic carbocycles. The number of hydrogen-bond acceptors (Lipinski definition) is 3. The van der Waals surface area contributed by atoms with Crippen molar-refractivity contribution in [2.24, 2.45) is 0 Å². The van der Waals surface area contributed by atoms with E-state index in [4.69, 9.17) is 0 Å². The zero-order valence-electron chi connectivity index (χ0n) is 11.3. The van der Waals surface area contributed by atoms with Crippen LogP contribution < -0.4 is 5.69 Å².